The van der Waals surface area contributed by atoms with Crippen LogP contribution in [0.4, 0.5) is 0 Å². The van der Waals surface area contributed by atoms with Crippen LogP contribution >= 0.6 is 24.2 Å². The smallest absolute Gasteiger partial charge is 0.276 e. The lowest BCUT2D eigenvalue weighted by Crippen LogP contribution is -2.22. The molecule has 7 heteroatoms. The van der Waals surface area contributed by atoms with Crippen molar-refractivity contribution in [2.75, 3.05) is 7.11 Å². The van der Waals surface area contributed by atoms with Gasteiger partial charge in [0.05, 0.1) is 17.7 Å². The number of benzene rings is 1. The first-order chi connectivity index (χ1) is 9.93. The Hall–Kier alpha value is -1.63. The normalized spacial score (nSPS) is 10.5. The minimum atomic E-state index is -0.419. The molecule has 0 saturated heterocycles. The molecule has 2 aromatic rings. The number of nitrogens with one attached hydrogen (secondary N) is 1. The molecule has 0 aliphatic heterocycles. The summed E-state index contributed by atoms with van der Waals surface area (Å²) in [4.78, 5) is 25.5. The van der Waals surface area contributed by atoms with Gasteiger partial charge < -0.3 is 0 Å². The third kappa shape index (κ3) is 3.34. The predicted octanol–water partition coefficient (Wildman–Crippen LogP) is 2.99. The molecule has 1 heterocycles. The Labute approximate surface area is 133 Å². The van der Waals surface area contributed by atoms with Crippen molar-refractivity contribution in [3.63, 3.8) is 0 Å². The summed E-state index contributed by atoms with van der Waals surface area (Å²) in [6.07, 6.45) is 0. The molecule has 0 saturated carbocycles. The molecule has 0 aliphatic rings. The van der Waals surface area contributed by atoms with E-state index in [0.717, 1.165) is 11.4 Å². The van der Waals surface area contributed by atoms with Gasteiger partial charge >= 0.3 is 0 Å². The Bertz CT molecular complexity index is 687. The summed E-state index contributed by atoms with van der Waals surface area (Å²) in [5.74, 6) is 0.0868. The molecule has 2 rings (SSSR count). The van der Waals surface area contributed by atoms with Gasteiger partial charge in [-0.2, -0.15) is 0 Å². The summed E-state index contributed by atoms with van der Waals surface area (Å²) in [7, 11) is 1.36. The Morgan fingerprint density at radius 3 is 2.48 bits per heavy atom. The van der Waals surface area contributed by atoms with E-state index in [1.165, 1.54) is 7.11 Å². The fourth-order valence-corrected chi connectivity index (χ4v) is 2.46. The van der Waals surface area contributed by atoms with Crippen molar-refractivity contribution in [1.29, 1.82) is 0 Å². The van der Waals surface area contributed by atoms with Crippen LogP contribution in [0.5, 0.6) is 0 Å². The molecule has 5 nitrogen and oxygen atoms in total. The molecular formula is C14H14ClN3O2S. The lowest BCUT2D eigenvalue weighted by atomic mass is 10.1. The molecule has 110 valence electrons. The number of halogens is 1. The summed E-state index contributed by atoms with van der Waals surface area (Å²) >= 11 is 10.6. The number of carbonyl (C=O) groups excluding carboxylic acids is 1. The molecular weight excluding hydrogens is 310 g/mol. The zero-order chi connectivity index (χ0) is 15.6. The van der Waals surface area contributed by atoms with Gasteiger partial charge in [0, 0.05) is 21.8 Å². The van der Waals surface area contributed by atoms with Crippen LogP contribution in [0, 0.1) is 13.8 Å². The van der Waals surface area contributed by atoms with E-state index >= 15 is 0 Å². The SMILES string of the molecule is CONC(=O)c1ccc(-c2nc(C)cc(C)n2)c(Cl)c1S. The molecule has 1 aromatic carbocycles. The van der Waals surface area contributed by atoms with Crippen molar-refractivity contribution in [2.24, 2.45) is 0 Å². The van der Waals surface area contributed by atoms with Crippen LogP contribution in [0.15, 0.2) is 23.1 Å². The van der Waals surface area contributed by atoms with Crippen LogP contribution in [-0.2, 0) is 4.84 Å². The summed E-state index contributed by atoms with van der Waals surface area (Å²) in [6, 6.07) is 5.18. The van der Waals surface area contributed by atoms with E-state index in [4.69, 9.17) is 11.6 Å². The molecule has 0 spiro atoms. The standard InChI is InChI=1S/C14H14ClN3O2S/c1-7-6-8(2)17-13(16-7)9-4-5-10(12(21)11(9)15)14(19)18-20-3/h4-6,21H,1-3H3,(H,18,19). The monoisotopic (exact) mass is 323 g/mol. The summed E-state index contributed by atoms with van der Waals surface area (Å²) in [5, 5.41) is 0.326. The van der Waals surface area contributed by atoms with Gasteiger partial charge in [0.25, 0.3) is 5.91 Å². The Kier molecular flexibility index (Phi) is 4.82. The molecule has 21 heavy (non-hydrogen) atoms. The lowest BCUT2D eigenvalue weighted by Gasteiger charge is -2.11. The summed E-state index contributed by atoms with van der Waals surface area (Å²) in [6.45, 7) is 3.77. The highest BCUT2D eigenvalue weighted by molar-refractivity contribution is 7.80. The average Bonchev–Trinajstić information content (AvgIpc) is 2.40. The highest BCUT2D eigenvalue weighted by Crippen LogP contribution is 2.33. The number of aryl methyl sites for hydroxylation is 2. The number of amides is 1. The van der Waals surface area contributed by atoms with Gasteiger partial charge in [-0.15, -0.1) is 12.6 Å². The lowest BCUT2D eigenvalue weighted by molar-refractivity contribution is 0.0534. The zero-order valence-corrected chi connectivity index (χ0v) is 13.4. The maximum atomic E-state index is 11.8. The Morgan fingerprint density at radius 2 is 1.90 bits per heavy atom. The van der Waals surface area contributed by atoms with E-state index in [0.29, 0.717) is 26.9 Å². The van der Waals surface area contributed by atoms with Crippen LogP contribution < -0.4 is 5.48 Å². The number of rotatable bonds is 3. The topological polar surface area (TPSA) is 64.1 Å². The number of nitrogens with zero attached hydrogens (tertiary/aromatic N) is 2. The van der Waals surface area contributed by atoms with Gasteiger partial charge in [-0.3, -0.25) is 9.63 Å². The van der Waals surface area contributed by atoms with E-state index in [1.54, 1.807) is 12.1 Å². The number of carbonyl (C=O) groups is 1. The molecule has 1 N–H and O–H groups in total. The fourth-order valence-electron chi connectivity index (χ4n) is 1.91. The molecule has 0 radical (unpaired) electrons. The van der Waals surface area contributed by atoms with E-state index < -0.39 is 5.91 Å². The summed E-state index contributed by atoms with van der Waals surface area (Å²) in [5.41, 5.74) is 4.86. The van der Waals surface area contributed by atoms with Crippen LogP contribution in [0.25, 0.3) is 11.4 Å². The van der Waals surface area contributed by atoms with E-state index in [-0.39, 0.29) is 0 Å². The average molecular weight is 324 g/mol. The maximum Gasteiger partial charge on any atom is 0.276 e. The largest absolute Gasteiger partial charge is 0.277 e. The Morgan fingerprint density at radius 1 is 1.29 bits per heavy atom. The van der Waals surface area contributed by atoms with Crippen molar-refractivity contribution in [2.45, 2.75) is 18.7 Å². The second-order valence-corrected chi connectivity index (χ2v) is 5.26. The number of aromatic nitrogens is 2. The van der Waals surface area contributed by atoms with Gasteiger partial charge in [0.15, 0.2) is 5.82 Å². The van der Waals surface area contributed by atoms with E-state index in [1.807, 2.05) is 19.9 Å². The van der Waals surface area contributed by atoms with Gasteiger partial charge in [-0.05, 0) is 32.0 Å². The number of thiol groups is 1. The van der Waals surface area contributed by atoms with E-state index in [2.05, 4.69) is 32.9 Å². The van der Waals surface area contributed by atoms with Crippen LogP contribution in [0.1, 0.15) is 21.7 Å². The van der Waals surface area contributed by atoms with Crippen molar-refractivity contribution in [3.05, 3.63) is 40.2 Å². The first-order valence-corrected chi connectivity index (χ1v) is 6.94. The van der Waals surface area contributed by atoms with Crippen molar-refractivity contribution < 1.29 is 9.63 Å². The van der Waals surface area contributed by atoms with Crippen LogP contribution in [0.2, 0.25) is 5.02 Å². The van der Waals surface area contributed by atoms with Gasteiger partial charge in [0.1, 0.15) is 0 Å². The molecule has 1 amide bonds. The molecule has 1 aromatic heterocycles. The molecule has 0 unspecified atom stereocenters. The van der Waals surface area contributed by atoms with Crippen LogP contribution in [-0.4, -0.2) is 23.0 Å². The minimum Gasteiger partial charge on any atom is -0.277 e. The number of hydroxylamine groups is 1. The molecule has 0 aliphatic carbocycles. The minimum absolute atomic E-state index is 0.318. The van der Waals surface area contributed by atoms with Gasteiger partial charge in [-0.25, -0.2) is 15.4 Å². The van der Waals surface area contributed by atoms with Gasteiger partial charge in [-0.1, -0.05) is 11.6 Å². The van der Waals surface area contributed by atoms with Crippen molar-refractivity contribution in [1.82, 2.24) is 15.4 Å². The fraction of sp³-hybridized carbons (Fsp3) is 0.214. The predicted molar refractivity (Wildman–Crippen MR) is 83.7 cm³/mol. The first-order valence-electron chi connectivity index (χ1n) is 6.11. The maximum absolute atomic E-state index is 11.8. The third-order valence-electron chi connectivity index (χ3n) is 2.78. The first kappa shape index (κ1) is 15.8. The molecule has 0 atom stereocenters. The van der Waals surface area contributed by atoms with Crippen molar-refractivity contribution >= 4 is 30.1 Å². The third-order valence-corrected chi connectivity index (χ3v) is 3.77. The number of hydrogen-bond acceptors (Lipinski definition) is 5. The van der Waals surface area contributed by atoms with Crippen LogP contribution in [0.3, 0.4) is 0 Å². The Balaban J connectivity index is 2.52. The second-order valence-electron chi connectivity index (χ2n) is 4.43. The molecule has 0 bridgehead atoms. The second kappa shape index (κ2) is 6.43. The highest BCUT2D eigenvalue weighted by Gasteiger charge is 2.17. The van der Waals surface area contributed by atoms with Gasteiger partial charge in [0.2, 0.25) is 0 Å². The van der Waals surface area contributed by atoms with Crippen molar-refractivity contribution in [3.8, 4) is 11.4 Å². The number of hydrogen-bond donors (Lipinski definition) is 2. The quantitative estimate of drug-likeness (QED) is 0.673. The van der Waals surface area contributed by atoms with E-state index in [9.17, 15) is 4.79 Å². The zero-order valence-electron chi connectivity index (χ0n) is 11.8. The molecule has 0 fully saturated rings. The summed E-state index contributed by atoms with van der Waals surface area (Å²) < 4.78 is 0. The highest BCUT2D eigenvalue weighted by atomic mass is 35.5.